The van der Waals surface area contributed by atoms with E-state index in [9.17, 15) is 13.2 Å². The molecule has 0 radical (unpaired) electrons. The Morgan fingerprint density at radius 2 is 1.43 bits per heavy atom. The summed E-state index contributed by atoms with van der Waals surface area (Å²) in [6.45, 7) is 5.39. The van der Waals surface area contributed by atoms with Crippen LogP contribution >= 0.6 is 0 Å². The minimum absolute atomic E-state index is 0.161. The molecule has 1 aliphatic rings. The van der Waals surface area contributed by atoms with Crippen molar-refractivity contribution in [2.24, 2.45) is 4.99 Å². The first-order valence-electron chi connectivity index (χ1n) is 16.0. The van der Waals surface area contributed by atoms with Crippen molar-refractivity contribution in [3.63, 3.8) is 0 Å². The van der Waals surface area contributed by atoms with Gasteiger partial charge in [0.25, 0.3) is 0 Å². The van der Waals surface area contributed by atoms with Crippen molar-refractivity contribution < 1.29 is 17.9 Å². The van der Waals surface area contributed by atoms with Crippen LogP contribution in [0.3, 0.4) is 0 Å². The fourth-order valence-electron chi connectivity index (χ4n) is 5.43. The summed E-state index contributed by atoms with van der Waals surface area (Å²) >= 11 is 0. The molecule has 236 valence electrons. The van der Waals surface area contributed by atoms with E-state index in [4.69, 9.17) is 10.1 Å². The maximum Gasteiger partial charge on any atom is 0.429 e. The quantitative estimate of drug-likeness (QED) is 0.138. The number of nitrogens with zero attached hydrogens (tertiary/aromatic N) is 3. The molecule has 1 aliphatic heterocycles. The number of aryl methyl sites for hydroxylation is 2. The lowest BCUT2D eigenvalue weighted by Gasteiger charge is -2.26. The van der Waals surface area contributed by atoms with Crippen molar-refractivity contribution in [1.29, 1.82) is 5.41 Å². The highest BCUT2D eigenvalue weighted by atomic mass is 19.4. The molecule has 1 N–H and O–H groups in total. The van der Waals surface area contributed by atoms with E-state index in [-0.39, 0.29) is 11.8 Å². The lowest BCUT2D eigenvalue weighted by atomic mass is 10.0. The van der Waals surface area contributed by atoms with Crippen molar-refractivity contribution in [3.05, 3.63) is 83.7 Å². The van der Waals surface area contributed by atoms with Crippen LogP contribution in [0.1, 0.15) is 88.5 Å². The zero-order chi connectivity index (χ0) is 31.4. The number of alkyl halides is 3. The van der Waals surface area contributed by atoms with Gasteiger partial charge in [-0.2, -0.15) is 13.2 Å². The lowest BCUT2D eigenvalue weighted by molar-refractivity contribution is -0.0605. The first-order valence-corrected chi connectivity index (χ1v) is 16.0. The van der Waals surface area contributed by atoms with E-state index in [1.54, 1.807) is 12.3 Å². The van der Waals surface area contributed by atoms with E-state index < -0.39 is 18.3 Å². The number of hydrogen-bond acceptors (Lipinski definition) is 5. The van der Waals surface area contributed by atoms with Crippen LogP contribution in [0.2, 0.25) is 0 Å². The highest BCUT2D eigenvalue weighted by Gasteiger charge is 2.35. The van der Waals surface area contributed by atoms with Crippen LogP contribution in [0.15, 0.2) is 71.9 Å². The predicted octanol–water partition coefficient (Wildman–Crippen LogP) is 9.96. The summed E-state index contributed by atoms with van der Waals surface area (Å²) < 4.78 is 45.5. The third-order valence-electron chi connectivity index (χ3n) is 7.99. The van der Waals surface area contributed by atoms with Crippen LogP contribution in [0.4, 0.5) is 30.2 Å². The van der Waals surface area contributed by atoms with Crippen molar-refractivity contribution in [2.75, 3.05) is 18.1 Å². The number of rotatable bonds is 15. The second-order valence-corrected chi connectivity index (χ2v) is 11.6. The fraction of sp³-hybridized carbons (Fsp3) is 0.472. The number of halogens is 3. The number of nitrogens with one attached hydrogen (secondary N) is 1. The van der Waals surface area contributed by atoms with Gasteiger partial charge in [0.15, 0.2) is 0 Å². The van der Waals surface area contributed by atoms with E-state index in [2.05, 4.69) is 77.3 Å². The van der Waals surface area contributed by atoms with Gasteiger partial charge in [0.2, 0.25) is 0 Å². The summed E-state index contributed by atoms with van der Waals surface area (Å²) in [4.78, 5) is 11.3. The molecule has 0 bridgehead atoms. The van der Waals surface area contributed by atoms with E-state index in [1.165, 1.54) is 36.8 Å². The van der Waals surface area contributed by atoms with Crippen LogP contribution in [0.5, 0.6) is 0 Å². The summed E-state index contributed by atoms with van der Waals surface area (Å²) in [6, 6.07) is 20.5. The molecule has 0 amide bonds. The molecule has 0 aliphatic carbocycles. The van der Waals surface area contributed by atoms with Gasteiger partial charge in [-0.05, 0) is 86.1 Å². The van der Waals surface area contributed by atoms with E-state index in [0.717, 1.165) is 55.6 Å². The van der Waals surface area contributed by atoms with Gasteiger partial charge in [-0.25, -0.2) is 0 Å². The molecule has 1 fully saturated rings. The Balaban J connectivity index is 1.65. The van der Waals surface area contributed by atoms with Gasteiger partial charge < -0.3 is 15.0 Å². The first kappa shape index (κ1) is 33.4. The Labute approximate surface area is 260 Å². The van der Waals surface area contributed by atoms with E-state index >= 15 is 0 Å². The van der Waals surface area contributed by atoms with Gasteiger partial charge in [0.1, 0.15) is 5.71 Å². The maximum absolute atomic E-state index is 13.3. The SMILES string of the molecule is CCCCCc1ccc(N(c2ccc(CCCCC)cc2)c2ccc(C(CC(=N)C(F)(F)F)=NC3CCCOC3)nc2)cc1. The topological polar surface area (TPSA) is 61.6 Å². The van der Waals surface area contributed by atoms with E-state index in [1.807, 2.05) is 6.07 Å². The van der Waals surface area contributed by atoms with Crippen LogP contribution < -0.4 is 4.90 Å². The number of aromatic nitrogens is 1. The standard InChI is InChI=1S/C36H45F3N4O/c1-3-5-7-10-27-13-17-30(18-14-27)43(31-19-15-28(16-20-31)11-8-6-4-2)32-21-22-33(41-25-32)34(24-35(40)36(37,38)39)42-29-12-9-23-44-26-29/h13-22,25,29,40H,3-12,23-24,26H2,1-2H3. The van der Waals surface area contributed by atoms with Crippen LogP contribution in [0.25, 0.3) is 0 Å². The third-order valence-corrected chi connectivity index (χ3v) is 7.99. The third kappa shape index (κ3) is 9.74. The maximum atomic E-state index is 13.3. The van der Waals surface area contributed by atoms with Gasteiger partial charge in [-0.1, -0.05) is 63.8 Å². The zero-order valence-corrected chi connectivity index (χ0v) is 26.0. The minimum Gasteiger partial charge on any atom is -0.379 e. The Bertz CT molecular complexity index is 1280. The molecule has 1 saturated heterocycles. The molecule has 4 rings (SSSR count). The Morgan fingerprint density at radius 1 is 0.864 bits per heavy atom. The summed E-state index contributed by atoms with van der Waals surface area (Å²) in [6.07, 6.45) is 7.05. The van der Waals surface area contributed by atoms with E-state index in [0.29, 0.717) is 18.9 Å². The van der Waals surface area contributed by atoms with Gasteiger partial charge in [0.05, 0.1) is 35.9 Å². The largest absolute Gasteiger partial charge is 0.429 e. The van der Waals surface area contributed by atoms with Gasteiger partial charge in [-0.3, -0.25) is 9.98 Å². The van der Waals surface area contributed by atoms with Crippen LogP contribution in [0, 0.1) is 5.41 Å². The number of unbranched alkanes of at least 4 members (excludes halogenated alkanes) is 4. The predicted molar refractivity (Wildman–Crippen MR) is 174 cm³/mol. The Kier molecular flexibility index (Phi) is 12.5. The minimum atomic E-state index is -4.72. The number of ether oxygens (including phenoxy) is 1. The normalized spacial score (nSPS) is 15.8. The molecule has 3 aromatic rings. The van der Waals surface area contributed by atoms with Crippen molar-refractivity contribution in [2.45, 2.75) is 96.7 Å². The smallest absolute Gasteiger partial charge is 0.379 e. The molecule has 2 aromatic carbocycles. The number of pyridine rings is 1. The Morgan fingerprint density at radius 3 is 1.89 bits per heavy atom. The number of benzene rings is 2. The summed E-state index contributed by atoms with van der Waals surface area (Å²) in [7, 11) is 0. The number of aliphatic imine (C=N–C) groups is 1. The average Bonchev–Trinajstić information content (AvgIpc) is 3.03. The number of hydrogen-bond donors (Lipinski definition) is 1. The van der Waals surface area contributed by atoms with Gasteiger partial charge in [-0.15, -0.1) is 0 Å². The Hall–Kier alpha value is -3.52. The molecule has 1 aromatic heterocycles. The number of anilines is 3. The zero-order valence-electron chi connectivity index (χ0n) is 26.0. The van der Waals surface area contributed by atoms with Crippen LogP contribution in [-0.2, 0) is 17.6 Å². The molecular formula is C36H45F3N4O. The van der Waals surface area contributed by atoms with Crippen molar-refractivity contribution >= 4 is 28.5 Å². The molecule has 8 heteroatoms. The van der Waals surface area contributed by atoms with Crippen LogP contribution in [-0.4, -0.2) is 41.8 Å². The first-order chi connectivity index (χ1) is 21.3. The summed E-state index contributed by atoms with van der Waals surface area (Å²) in [5.74, 6) is 0. The second kappa shape index (κ2) is 16.5. The highest BCUT2D eigenvalue weighted by molar-refractivity contribution is 6.12. The lowest BCUT2D eigenvalue weighted by Crippen LogP contribution is -2.28. The monoisotopic (exact) mass is 606 g/mol. The molecule has 1 unspecified atom stereocenters. The molecule has 1 atom stereocenters. The highest BCUT2D eigenvalue weighted by Crippen LogP contribution is 2.35. The summed E-state index contributed by atoms with van der Waals surface area (Å²) in [5.41, 5.74) is 4.49. The fourth-order valence-corrected chi connectivity index (χ4v) is 5.43. The van der Waals surface area contributed by atoms with Gasteiger partial charge in [0, 0.05) is 24.4 Å². The molecule has 2 heterocycles. The second-order valence-electron chi connectivity index (χ2n) is 11.6. The molecule has 5 nitrogen and oxygen atoms in total. The molecule has 0 spiro atoms. The molecule has 44 heavy (non-hydrogen) atoms. The molecule has 0 saturated carbocycles. The summed E-state index contributed by atoms with van der Waals surface area (Å²) in [5, 5.41) is 7.64. The van der Waals surface area contributed by atoms with Crippen molar-refractivity contribution in [3.8, 4) is 0 Å². The average molecular weight is 607 g/mol. The van der Waals surface area contributed by atoms with Crippen molar-refractivity contribution in [1.82, 2.24) is 4.98 Å². The van der Waals surface area contributed by atoms with Gasteiger partial charge >= 0.3 is 6.18 Å². The molecular weight excluding hydrogens is 561 g/mol.